The summed E-state index contributed by atoms with van der Waals surface area (Å²) in [4.78, 5) is 10.9. The average Bonchev–Trinajstić information content (AvgIpc) is 2.13. The Morgan fingerprint density at radius 2 is 1.93 bits per heavy atom. The molecule has 0 saturated heterocycles. The minimum atomic E-state index is -0.593. The molecule has 1 aromatic rings. The molecule has 15 heavy (non-hydrogen) atoms. The van der Waals surface area contributed by atoms with E-state index in [0.29, 0.717) is 0 Å². The van der Waals surface area contributed by atoms with E-state index in [-0.39, 0.29) is 0 Å². The van der Waals surface area contributed by atoms with Crippen molar-refractivity contribution in [3.8, 4) is 5.75 Å². The number of rotatable bonds is 3. The maximum atomic E-state index is 10.9. The van der Waals surface area contributed by atoms with Gasteiger partial charge in [-0.25, -0.2) is 0 Å². The fraction of sp³-hybridized carbons (Fsp3) is 0.417. The quantitative estimate of drug-likeness (QED) is 0.822. The predicted octanol–water partition coefficient (Wildman–Crippen LogP) is 1.86. The zero-order chi connectivity index (χ0) is 11.6. The van der Waals surface area contributed by atoms with Crippen LogP contribution >= 0.6 is 0 Å². The van der Waals surface area contributed by atoms with E-state index in [1.807, 2.05) is 26.8 Å². The Morgan fingerprint density at radius 3 is 2.47 bits per heavy atom. The van der Waals surface area contributed by atoms with Gasteiger partial charge in [0.1, 0.15) is 5.75 Å². The maximum Gasteiger partial charge on any atom is 0.258 e. The van der Waals surface area contributed by atoms with Gasteiger partial charge in [-0.2, -0.15) is 0 Å². The summed E-state index contributed by atoms with van der Waals surface area (Å²) in [7, 11) is 0. The third-order valence-electron chi connectivity index (χ3n) is 2.47. The zero-order valence-electron chi connectivity index (χ0n) is 9.63. The Labute approximate surface area is 90.2 Å². The Bertz CT molecular complexity index is 385. The molecule has 3 heteroatoms. The number of hydrogen-bond donors (Lipinski definition) is 1. The van der Waals surface area contributed by atoms with Gasteiger partial charge in [0.15, 0.2) is 6.10 Å². The monoisotopic (exact) mass is 207 g/mol. The summed E-state index contributed by atoms with van der Waals surface area (Å²) < 4.78 is 5.49. The Hall–Kier alpha value is -1.51. The van der Waals surface area contributed by atoms with Crippen LogP contribution < -0.4 is 10.5 Å². The molecule has 0 saturated carbocycles. The molecule has 3 nitrogen and oxygen atoms in total. The van der Waals surface area contributed by atoms with Gasteiger partial charge in [0.25, 0.3) is 5.91 Å². The van der Waals surface area contributed by atoms with Crippen molar-refractivity contribution in [1.29, 1.82) is 0 Å². The largest absolute Gasteiger partial charge is 0.481 e. The molecule has 0 aliphatic heterocycles. The van der Waals surface area contributed by atoms with Crippen molar-refractivity contribution in [3.05, 3.63) is 28.8 Å². The van der Waals surface area contributed by atoms with E-state index in [1.54, 1.807) is 6.92 Å². The lowest BCUT2D eigenvalue weighted by atomic mass is 10.1. The second-order valence-corrected chi connectivity index (χ2v) is 3.87. The van der Waals surface area contributed by atoms with Crippen LogP contribution in [0.5, 0.6) is 5.75 Å². The van der Waals surface area contributed by atoms with E-state index in [4.69, 9.17) is 10.5 Å². The lowest BCUT2D eigenvalue weighted by Crippen LogP contribution is -2.30. The minimum Gasteiger partial charge on any atom is -0.481 e. The van der Waals surface area contributed by atoms with Crippen molar-refractivity contribution in [2.24, 2.45) is 5.73 Å². The molecule has 0 aliphatic carbocycles. The molecule has 2 N–H and O–H groups in total. The SMILES string of the molecule is Cc1cc(C)c(C)c(OC(C)C(N)=O)c1. The Morgan fingerprint density at radius 1 is 1.33 bits per heavy atom. The highest BCUT2D eigenvalue weighted by Crippen LogP contribution is 2.24. The molecule has 1 aromatic carbocycles. The summed E-state index contributed by atoms with van der Waals surface area (Å²) in [6.45, 7) is 7.63. The molecule has 0 aliphatic rings. The number of carbonyl (C=O) groups is 1. The van der Waals surface area contributed by atoms with Gasteiger partial charge in [-0.3, -0.25) is 4.79 Å². The summed E-state index contributed by atoms with van der Waals surface area (Å²) in [6.07, 6.45) is -0.593. The van der Waals surface area contributed by atoms with Crippen molar-refractivity contribution in [3.63, 3.8) is 0 Å². The summed E-state index contributed by atoms with van der Waals surface area (Å²) in [5.74, 6) is 0.285. The maximum absolute atomic E-state index is 10.9. The first-order chi connectivity index (χ1) is 6.91. The number of amides is 1. The van der Waals surface area contributed by atoms with Crippen LogP contribution in [0.2, 0.25) is 0 Å². The standard InChI is InChI=1S/C12H17NO2/c1-7-5-8(2)9(3)11(6-7)15-10(4)12(13)14/h5-6,10H,1-4H3,(H2,13,14). The fourth-order valence-electron chi connectivity index (χ4n) is 1.37. The third-order valence-corrected chi connectivity index (χ3v) is 2.47. The van der Waals surface area contributed by atoms with E-state index in [2.05, 4.69) is 6.07 Å². The van der Waals surface area contributed by atoms with E-state index in [9.17, 15) is 4.79 Å². The van der Waals surface area contributed by atoms with Crippen LogP contribution in [0, 0.1) is 20.8 Å². The topological polar surface area (TPSA) is 52.3 Å². The summed E-state index contributed by atoms with van der Waals surface area (Å²) in [5.41, 5.74) is 8.47. The molecule has 1 atom stereocenters. The van der Waals surface area contributed by atoms with Gasteiger partial charge in [-0.1, -0.05) is 6.07 Å². The van der Waals surface area contributed by atoms with Crippen LogP contribution in [0.4, 0.5) is 0 Å². The van der Waals surface area contributed by atoms with Gasteiger partial charge in [0.2, 0.25) is 0 Å². The number of ether oxygens (including phenoxy) is 1. The number of carbonyl (C=O) groups excluding carboxylic acids is 1. The van der Waals surface area contributed by atoms with E-state index >= 15 is 0 Å². The third kappa shape index (κ3) is 2.72. The molecule has 0 heterocycles. The first-order valence-electron chi connectivity index (χ1n) is 4.95. The first-order valence-corrected chi connectivity index (χ1v) is 4.95. The molecular weight excluding hydrogens is 190 g/mol. The van der Waals surface area contributed by atoms with E-state index in [1.165, 1.54) is 0 Å². The van der Waals surface area contributed by atoms with Gasteiger partial charge < -0.3 is 10.5 Å². The summed E-state index contributed by atoms with van der Waals surface area (Å²) in [6, 6.07) is 4.00. The molecule has 1 rings (SSSR count). The number of primary amides is 1. The lowest BCUT2D eigenvalue weighted by molar-refractivity contribution is -0.123. The first kappa shape index (κ1) is 11.6. The molecule has 0 aromatic heterocycles. The van der Waals surface area contributed by atoms with Gasteiger partial charge in [0, 0.05) is 0 Å². The second kappa shape index (κ2) is 4.34. The molecule has 0 bridgehead atoms. The van der Waals surface area contributed by atoms with Crippen molar-refractivity contribution in [1.82, 2.24) is 0 Å². The van der Waals surface area contributed by atoms with Gasteiger partial charge in [0.05, 0.1) is 0 Å². The van der Waals surface area contributed by atoms with Crippen molar-refractivity contribution in [2.75, 3.05) is 0 Å². The van der Waals surface area contributed by atoms with Crippen molar-refractivity contribution >= 4 is 5.91 Å². The molecule has 1 amide bonds. The van der Waals surface area contributed by atoms with Crippen LogP contribution in [-0.4, -0.2) is 12.0 Å². The van der Waals surface area contributed by atoms with Crippen molar-refractivity contribution in [2.45, 2.75) is 33.8 Å². The number of aryl methyl sites for hydroxylation is 2. The van der Waals surface area contributed by atoms with Gasteiger partial charge >= 0.3 is 0 Å². The fourth-order valence-corrected chi connectivity index (χ4v) is 1.37. The normalized spacial score (nSPS) is 12.3. The van der Waals surface area contributed by atoms with Gasteiger partial charge in [-0.15, -0.1) is 0 Å². The Kier molecular flexibility index (Phi) is 3.35. The predicted molar refractivity (Wildman–Crippen MR) is 59.9 cm³/mol. The zero-order valence-corrected chi connectivity index (χ0v) is 9.63. The van der Waals surface area contributed by atoms with Crippen LogP contribution in [0.15, 0.2) is 12.1 Å². The lowest BCUT2D eigenvalue weighted by Gasteiger charge is -2.15. The van der Waals surface area contributed by atoms with Crippen LogP contribution in [-0.2, 0) is 4.79 Å². The number of hydrogen-bond acceptors (Lipinski definition) is 2. The molecule has 0 spiro atoms. The molecule has 0 radical (unpaired) electrons. The van der Waals surface area contributed by atoms with Crippen LogP contribution in [0.1, 0.15) is 23.6 Å². The summed E-state index contributed by atoms with van der Waals surface area (Å²) in [5, 5.41) is 0. The highest BCUT2D eigenvalue weighted by Gasteiger charge is 2.12. The van der Waals surface area contributed by atoms with Crippen LogP contribution in [0.25, 0.3) is 0 Å². The molecule has 82 valence electrons. The van der Waals surface area contributed by atoms with E-state index < -0.39 is 12.0 Å². The molecule has 0 fully saturated rings. The highest BCUT2D eigenvalue weighted by atomic mass is 16.5. The van der Waals surface area contributed by atoms with Crippen LogP contribution in [0.3, 0.4) is 0 Å². The minimum absolute atomic E-state index is 0.450. The molecular formula is C12H17NO2. The number of nitrogens with two attached hydrogens (primary N) is 1. The average molecular weight is 207 g/mol. The highest BCUT2D eigenvalue weighted by molar-refractivity contribution is 5.78. The number of benzene rings is 1. The van der Waals surface area contributed by atoms with E-state index in [0.717, 1.165) is 22.4 Å². The smallest absolute Gasteiger partial charge is 0.258 e. The molecule has 1 unspecified atom stereocenters. The van der Waals surface area contributed by atoms with Gasteiger partial charge in [-0.05, 0) is 50.5 Å². The summed E-state index contributed by atoms with van der Waals surface area (Å²) >= 11 is 0. The van der Waals surface area contributed by atoms with Crippen molar-refractivity contribution < 1.29 is 9.53 Å². The second-order valence-electron chi connectivity index (χ2n) is 3.87. The Balaban J connectivity index is 2.99.